The predicted molar refractivity (Wildman–Crippen MR) is 73.7 cm³/mol. The van der Waals surface area contributed by atoms with Crippen LogP contribution >= 0.6 is 11.3 Å². The van der Waals surface area contributed by atoms with Gasteiger partial charge in [-0.05, 0) is 6.92 Å². The number of sulfonamides is 1. The van der Waals surface area contributed by atoms with Crippen molar-refractivity contribution in [1.29, 1.82) is 0 Å². The Morgan fingerprint density at radius 3 is 2.76 bits per heavy atom. The molecule has 0 saturated heterocycles. The van der Waals surface area contributed by atoms with Crippen molar-refractivity contribution >= 4 is 27.3 Å². The van der Waals surface area contributed by atoms with Crippen LogP contribution in [0.3, 0.4) is 0 Å². The summed E-state index contributed by atoms with van der Waals surface area (Å²) in [6.45, 7) is 1.72. The van der Waals surface area contributed by atoms with Crippen LogP contribution in [-0.4, -0.2) is 46.0 Å². The Morgan fingerprint density at radius 1 is 1.52 bits per heavy atom. The Balaban J connectivity index is 2.00. The molecule has 2 N–H and O–H groups in total. The zero-order chi connectivity index (χ0) is 15.6. The van der Waals surface area contributed by atoms with Gasteiger partial charge in [0.15, 0.2) is 5.03 Å². The van der Waals surface area contributed by atoms with Gasteiger partial charge in [-0.3, -0.25) is 0 Å². The topological polar surface area (TPSA) is 127 Å². The molecule has 2 rings (SSSR count). The van der Waals surface area contributed by atoms with Crippen LogP contribution in [0.4, 0.5) is 0 Å². The zero-order valence-corrected chi connectivity index (χ0v) is 12.9. The van der Waals surface area contributed by atoms with Crippen molar-refractivity contribution in [3.8, 4) is 0 Å². The van der Waals surface area contributed by atoms with E-state index in [1.807, 2.05) is 0 Å². The second-order valence-corrected chi connectivity index (χ2v) is 6.97. The van der Waals surface area contributed by atoms with E-state index in [2.05, 4.69) is 20.0 Å². The third kappa shape index (κ3) is 3.43. The van der Waals surface area contributed by atoms with E-state index < -0.39 is 16.0 Å². The highest BCUT2D eigenvalue weighted by Crippen LogP contribution is 2.18. The Bertz CT molecular complexity index is 764. The van der Waals surface area contributed by atoms with Gasteiger partial charge in [0, 0.05) is 20.0 Å². The molecule has 0 saturated carbocycles. The van der Waals surface area contributed by atoms with E-state index in [0.717, 1.165) is 22.2 Å². The molecule has 0 amide bonds. The Morgan fingerprint density at radius 2 is 2.24 bits per heavy atom. The van der Waals surface area contributed by atoms with Crippen molar-refractivity contribution in [2.75, 3.05) is 6.54 Å². The van der Waals surface area contributed by atoms with Crippen molar-refractivity contribution in [3.05, 3.63) is 21.8 Å². The number of carbonyl (C=O) groups is 1. The Hall–Kier alpha value is -1.85. The maximum Gasteiger partial charge on any atom is 0.347 e. The van der Waals surface area contributed by atoms with Crippen LogP contribution in [0.5, 0.6) is 0 Å². The summed E-state index contributed by atoms with van der Waals surface area (Å²) in [5.41, 5.74) is 0.432. The lowest BCUT2D eigenvalue weighted by atomic mass is 10.4. The summed E-state index contributed by atoms with van der Waals surface area (Å²) in [5.74, 6) is -1.03. The van der Waals surface area contributed by atoms with Crippen molar-refractivity contribution in [1.82, 2.24) is 24.7 Å². The molecule has 0 unspecified atom stereocenters. The lowest BCUT2D eigenvalue weighted by Gasteiger charge is -2.04. The van der Waals surface area contributed by atoms with Crippen LogP contribution in [0.2, 0.25) is 0 Å². The monoisotopic (exact) mass is 331 g/mol. The Kier molecular flexibility index (Phi) is 4.34. The molecule has 0 aliphatic carbocycles. The molecular formula is C10H13N5O4S2. The summed E-state index contributed by atoms with van der Waals surface area (Å²) in [4.78, 5) is 15.2. The molecular weight excluding hydrogens is 318 g/mol. The van der Waals surface area contributed by atoms with E-state index in [9.17, 15) is 13.2 Å². The number of nitrogens with zero attached hydrogens (tertiary/aromatic N) is 4. The number of nitrogens with one attached hydrogen (secondary N) is 1. The van der Waals surface area contributed by atoms with Crippen molar-refractivity contribution in [2.45, 2.75) is 18.4 Å². The summed E-state index contributed by atoms with van der Waals surface area (Å²) in [7, 11) is -2.21. The second kappa shape index (κ2) is 5.87. The number of carboxylic acid groups (broad SMARTS) is 1. The van der Waals surface area contributed by atoms with Crippen molar-refractivity contribution in [3.63, 3.8) is 0 Å². The minimum Gasteiger partial charge on any atom is -0.477 e. The number of rotatable bonds is 6. The van der Waals surface area contributed by atoms with Crippen molar-refractivity contribution < 1.29 is 18.3 Å². The fourth-order valence-corrected chi connectivity index (χ4v) is 3.64. The first kappa shape index (κ1) is 15.5. The predicted octanol–water partition coefficient (Wildman–Crippen LogP) is -0.201. The summed E-state index contributed by atoms with van der Waals surface area (Å²) in [6.07, 6.45) is 1.46. The lowest BCUT2D eigenvalue weighted by Crippen LogP contribution is -2.27. The molecule has 0 aromatic carbocycles. The number of hydrogen-bond acceptors (Lipinski definition) is 7. The van der Waals surface area contributed by atoms with E-state index >= 15 is 0 Å². The van der Waals surface area contributed by atoms with Gasteiger partial charge in [-0.1, -0.05) is 5.21 Å². The summed E-state index contributed by atoms with van der Waals surface area (Å²) >= 11 is 1.04. The molecule has 2 aromatic heterocycles. The van der Waals surface area contributed by atoms with Crippen LogP contribution in [0.25, 0.3) is 0 Å². The standard InChI is InChI=1S/C10H13N5O4S2/c1-6-9(10(16)17)20-7(13-6)3-4-12-21(18,19)8-5-11-14-15(8)2/h5,12H,3-4H2,1-2H3,(H,16,17). The third-order valence-electron chi connectivity index (χ3n) is 2.61. The number of aromatic carboxylic acids is 1. The van der Waals surface area contributed by atoms with Crippen LogP contribution in [0, 0.1) is 6.92 Å². The fraction of sp³-hybridized carbons (Fsp3) is 0.400. The minimum atomic E-state index is -3.69. The molecule has 0 bridgehead atoms. The molecule has 2 aromatic rings. The van der Waals surface area contributed by atoms with E-state index in [4.69, 9.17) is 5.11 Å². The first-order valence-corrected chi connectivity index (χ1v) is 8.15. The normalized spacial score (nSPS) is 11.7. The van der Waals surface area contributed by atoms with Gasteiger partial charge in [-0.15, -0.1) is 16.4 Å². The minimum absolute atomic E-state index is 0.0379. The SMILES string of the molecule is Cc1nc(CCNS(=O)(=O)c2cnnn2C)sc1C(=O)O. The van der Waals surface area contributed by atoms with Crippen LogP contribution in [-0.2, 0) is 23.5 Å². The van der Waals surface area contributed by atoms with Gasteiger partial charge in [-0.25, -0.2) is 27.6 Å². The summed E-state index contributed by atoms with van der Waals surface area (Å²) < 4.78 is 27.5. The van der Waals surface area contributed by atoms with Crippen molar-refractivity contribution in [2.24, 2.45) is 7.05 Å². The summed E-state index contributed by atoms with van der Waals surface area (Å²) in [5, 5.41) is 16.5. The molecule has 11 heteroatoms. The van der Waals surface area contributed by atoms with Gasteiger partial charge >= 0.3 is 5.97 Å². The van der Waals surface area contributed by atoms with Crippen LogP contribution in [0.1, 0.15) is 20.4 Å². The third-order valence-corrected chi connectivity index (χ3v) is 5.32. The number of aromatic nitrogens is 4. The molecule has 0 fully saturated rings. The molecule has 0 aliphatic heterocycles. The fourth-order valence-electron chi connectivity index (χ4n) is 1.65. The molecule has 0 radical (unpaired) electrons. The van der Waals surface area contributed by atoms with E-state index in [1.54, 1.807) is 6.92 Å². The maximum atomic E-state index is 12.0. The van der Waals surface area contributed by atoms with Crippen LogP contribution in [0.15, 0.2) is 11.2 Å². The Labute approximate surface area is 124 Å². The molecule has 0 spiro atoms. The maximum absolute atomic E-state index is 12.0. The molecule has 21 heavy (non-hydrogen) atoms. The van der Waals surface area contributed by atoms with E-state index in [-0.39, 0.29) is 16.4 Å². The van der Waals surface area contributed by atoms with E-state index in [0.29, 0.717) is 17.1 Å². The lowest BCUT2D eigenvalue weighted by molar-refractivity contribution is 0.0701. The first-order valence-electron chi connectivity index (χ1n) is 5.85. The highest BCUT2D eigenvalue weighted by molar-refractivity contribution is 7.89. The van der Waals surface area contributed by atoms with Gasteiger partial charge in [0.05, 0.1) is 16.9 Å². The molecule has 9 nitrogen and oxygen atoms in total. The largest absolute Gasteiger partial charge is 0.477 e. The quantitative estimate of drug-likeness (QED) is 0.750. The average molecular weight is 331 g/mol. The number of thiazole rings is 1. The highest BCUT2D eigenvalue weighted by atomic mass is 32.2. The molecule has 2 heterocycles. The zero-order valence-electron chi connectivity index (χ0n) is 11.3. The first-order chi connectivity index (χ1) is 9.81. The van der Waals surface area contributed by atoms with Crippen LogP contribution < -0.4 is 4.72 Å². The van der Waals surface area contributed by atoms with Gasteiger partial charge in [0.1, 0.15) is 4.88 Å². The summed E-state index contributed by atoms with van der Waals surface area (Å²) in [6, 6.07) is 0. The van der Waals surface area contributed by atoms with E-state index in [1.165, 1.54) is 7.05 Å². The smallest absolute Gasteiger partial charge is 0.347 e. The highest BCUT2D eigenvalue weighted by Gasteiger charge is 2.19. The van der Waals surface area contributed by atoms with Gasteiger partial charge in [0.2, 0.25) is 0 Å². The van der Waals surface area contributed by atoms with Gasteiger partial charge in [-0.2, -0.15) is 0 Å². The van der Waals surface area contributed by atoms with Gasteiger partial charge in [0.25, 0.3) is 10.0 Å². The van der Waals surface area contributed by atoms with Gasteiger partial charge < -0.3 is 5.11 Å². The number of aryl methyl sites for hydroxylation is 2. The molecule has 114 valence electrons. The second-order valence-electron chi connectivity index (χ2n) is 4.17. The number of hydrogen-bond donors (Lipinski definition) is 2. The molecule has 0 aliphatic rings. The number of carboxylic acids is 1. The average Bonchev–Trinajstić information content (AvgIpc) is 2.95. The molecule has 0 atom stereocenters.